The van der Waals surface area contributed by atoms with Gasteiger partial charge in [0.15, 0.2) is 11.0 Å². The predicted molar refractivity (Wildman–Crippen MR) is 131 cm³/mol. The number of carbonyl (C=O) groups is 1. The van der Waals surface area contributed by atoms with Crippen LogP contribution in [0.4, 0.5) is 5.69 Å². The second-order valence-corrected chi connectivity index (χ2v) is 9.64. The van der Waals surface area contributed by atoms with Crippen molar-refractivity contribution in [3.8, 4) is 17.1 Å². The van der Waals surface area contributed by atoms with Crippen LogP contribution in [0.3, 0.4) is 0 Å². The Kier molecular flexibility index (Phi) is 5.82. The van der Waals surface area contributed by atoms with Gasteiger partial charge in [0.1, 0.15) is 5.69 Å². The molecule has 10 heteroatoms. The molecule has 0 spiro atoms. The van der Waals surface area contributed by atoms with Gasteiger partial charge in [-0.3, -0.25) is 23.8 Å². The molecule has 4 aromatic rings. The van der Waals surface area contributed by atoms with Gasteiger partial charge in [0.25, 0.3) is 5.56 Å². The Morgan fingerprint density at radius 2 is 1.82 bits per heavy atom. The summed E-state index contributed by atoms with van der Waals surface area (Å²) in [7, 11) is 1.80. The zero-order valence-corrected chi connectivity index (χ0v) is 20.0. The molecule has 3 aromatic heterocycles. The standard InChI is InChI=1S/C24H25N7O2S/c1-15-20(23(33)31(29(15)3)19-7-5-4-6-8-19)26-22(32)16(2)34-24-28-27-21(30(24)18-9-10-18)17-11-13-25-14-12-17/h4-8,11-14,16,18H,9-10H2,1-3H3,(H,26,32)/t16-/m0/s1. The lowest BCUT2D eigenvalue weighted by molar-refractivity contribution is -0.115. The Hall–Kier alpha value is -3.66. The Bertz CT molecular complexity index is 1390. The lowest BCUT2D eigenvalue weighted by Gasteiger charge is -2.13. The zero-order chi connectivity index (χ0) is 23.8. The van der Waals surface area contributed by atoms with E-state index in [1.807, 2.05) is 56.3 Å². The maximum atomic E-state index is 13.1. The van der Waals surface area contributed by atoms with Gasteiger partial charge in [-0.15, -0.1) is 10.2 Å². The van der Waals surface area contributed by atoms with Gasteiger partial charge >= 0.3 is 0 Å². The molecule has 1 N–H and O–H groups in total. The van der Waals surface area contributed by atoms with E-state index in [0.29, 0.717) is 16.9 Å². The molecule has 0 bridgehead atoms. The normalized spacial score (nSPS) is 14.2. The molecule has 1 saturated carbocycles. The van der Waals surface area contributed by atoms with Crippen molar-refractivity contribution in [3.63, 3.8) is 0 Å². The van der Waals surface area contributed by atoms with Crippen molar-refractivity contribution in [2.75, 3.05) is 5.32 Å². The largest absolute Gasteiger partial charge is 0.319 e. The van der Waals surface area contributed by atoms with Crippen molar-refractivity contribution in [2.24, 2.45) is 7.05 Å². The van der Waals surface area contributed by atoms with E-state index in [1.165, 1.54) is 11.8 Å². The van der Waals surface area contributed by atoms with Crippen LogP contribution in [-0.4, -0.2) is 40.3 Å². The van der Waals surface area contributed by atoms with Crippen molar-refractivity contribution < 1.29 is 4.79 Å². The minimum absolute atomic E-state index is 0.258. The number of hydrogen-bond acceptors (Lipinski definition) is 6. The zero-order valence-electron chi connectivity index (χ0n) is 19.2. The van der Waals surface area contributed by atoms with Crippen LogP contribution < -0.4 is 10.9 Å². The summed E-state index contributed by atoms with van der Waals surface area (Å²) in [4.78, 5) is 30.3. The molecule has 0 unspecified atom stereocenters. The van der Waals surface area contributed by atoms with Gasteiger partial charge in [-0.05, 0) is 51.0 Å². The topological polar surface area (TPSA) is 99.6 Å². The van der Waals surface area contributed by atoms with Crippen LogP contribution in [0.5, 0.6) is 0 Å². The number of benzene rings is 1. The van der Waals surface area contributed by atoms with Crippen molar-refractivity contribution in [3.05, 3.63) is 70.9 Å². The van der Waals surface area contributed by atoms with E-state index in [1.54, 1.807) is 28.8 Å². The highest BCUT2D eigenvalue weighted by Crippen LogP contribution is 2.41. The van der Waals surface area contributed by atoms with E-state index in [2.05, 4.69) is 25.1 Å². The monoisotopic (exact) mass is 475 g/mol. The van der Waals surface area contributed by atoms with Crippen LogP contribution in [0.2, 0.25) is 0 Å². The van der Waals surface area contributed by atoms with Crippen LogP contribution in [0, 0.1) is 6.92 Å². The molecule has 0 aliphatic heterocycles. The van der Waals surface area contributed by atoms with Gasteiger partial charge in [0.05, 0.1) is 16.6 Å². The number of amides is 1. The first-order valence-electron chi connectivity index (χ1n) is 11.1. The SMILES string of the molecule is Cc1c(NC(=O)[C@H](C)Sc2nnc(-c3ccncc3)n2C2CC2)c(=O)n(-c2ccccc2)n1C. The van der Waals surface area contributed by atoms with E-state index in [4.69, 9.17) is 0 Å². The molecule has 1 aromatic carbocycles. The summed E-state index contributed by atoms with van der Waals surface area (Å²) in [5.74, 6) is 0.525. The van der Waals surface area contributed by atoms with Gasteiger partial charge in [-0.25, -0.2) is 4.68 Å². The Morgan fingerprint density at radius 3 is 2.50 bits per heavy atom. The average molecular weight is 476 g/mol. The third-order valence-corrected chi connectivity index (χ3v) is 7.03. The van der Waals surface area contributed by atoms with Gasteiger partial charge in [-0.2, -0.15) is 0 Å². The molecule has 0 saturated heterocycles. The number of para-hydroxylation sites is 1. The van der Waals surface area contributed by atoms with Gasteiger partial charge in [-0.1, -0.05) is 30.0 Å². The summed E-state index contributed by atoms with van der Waals surface area (Å²) in [6.45, 7) is 3.63. The molecule has 1 amide bonds. The molecule has 1 fully saturated rings. The quantitative estimate of drug-likeness (QED) is 0.410. The molecule has 3 heterocycles. The van der Waals surface area contributed by atoms with E-state index in [0.717, 1.165) is 29.9 Å². The van der Waals surface area contributed by atoms with Crippen LogP contribution in [0.25, 0.3) is 17.1 Å². The van der Waals surface area contributed by atoms with Crippen molar-refractivity contribution in [1.82, 2.24) is 29.1 Å². The van der Waals surface area contributed by atoms with E-state index < -0.39 is 5.25 Å². The number of aromatic nitrogens is 6. The smallest absolute Gasteiger partial charge is 0.295 e. The number of thioether (sulfide) groups is 1. The fraction of sp³-hybridized carbons (Fsp3) is 0.292. The highest BCUT2D eigenvalue weighted by Gasteiger charge is 2.32. The number of nitrogens with one attached hydrogen (secondary N) is 1. The fourth-order valence-electron chi connectivity index (χ4n) is 3.87. The fourth-order valence-corrected chi connectivity index (χ4v) is 4.79. The third-order valence-electron chi connectivity index (χ3n) is 5.97. The summed E-state index contributed by atoms with van der Waals surface area (Å²) in [5.41, 5.74) is 2.38. The first-order chi connectivity index (χ1) is 16.5. The second-order valence-electron chi connectivity index (χ2n) is 8.33. The molecule has 9 nitrogen and oxygen atoms in total. The number of carbonyl (C=O) groups excluding carboxylic acids is 1. The molecule has 5 rings (SSSR count). The predicted octanol–water partition coefficient (Wildman–Crippen LogP) is 3.59. The van der Waals surface area contributed by atoms with E-state index >= 15 is 0 Å². The summed E-state index contributed by atoms with van der Waals surface area (Å²) in [6, 6.07) is 13.5. The van der Waals surface area contributed by atoms with Gasteiger partial charge in [0.2, 0.25) is 5.91 Å². The number of nitrogens with zero attached hydrogens (tertiary/aromatic N) is 6. The summed E-state index contributed by atoms with van der Waals surface area (Å²) in [5, 5.41) is 11.9. The molecule has 1 aliphatic carbocycles. The molecular weight excluding hydrogens is 450 g/mol. The minimum Gasteiger partial charge on any atom is -0.319 e. The second kappa shape index (κ2) is 8.94. The Labute approximate surface area is 200 Å². The van der Waals surface area contributed by atoms with Crippen LogP contribution in [-0.2, 0) is 11.8 Å². The van der Waals surface area contributed by atoms with Crippen LogP contribution in [0.1, 0.15) is 31.5 Å². The van der Waals surface area contributed by atoms with Gasteiger partial charge < -0.3 is 5.32 Å². The number of rotatable bonds is 7. The average Bonchev–Trinajstić information content (AvgIpc) is 3.58. The summed E-state index contributed by atoms with van der Waals surface area (Å²) in [6.07, 6.45) is 5.59. The van der Waals surface area contributed by atoms with Crippen molar-refractivity contribution in [1.29, 1.82) is 0 Å². The summed E-state index contributed by atoms with van der Waals surface area (Å²) >= 11 is 1.35. The lowest BCUT2D eigenvalue weighted by atomic mass is 10.2. The highest BCUT2D eigenvalue weighted by atomic mass is 32.2. The maximum Gasteiger partial charge on any atom is 0.295 e. The van der Waals surface area contributed by atoms with Gasteiger partial charge in [0, 0.05) is 31.0 Å². The van der Waals surface area contributed by atoms with Crippen LogP contribution >= 0.6 is 11.8 Å². The number of anilines is 1. The first-order valence-corrected chi connectivity index (χ1v) is 12.0. The highest BCUT2D eigenvalue weighted by molar-refractivity contribution is 8.00. The molecule has 34 heavy (non-hydrogen) atoms. The molecule has 0 radical (unpaired) electrons. The minimum atomic E-state index is -0.476. The molecule has 1 atom stereocenters. The van der Waals surface area contributed by atoms with E-state index in [-0.39, 0.29) is 17.2 Å². The molecule has 1 aliphatic rings. The van der Waals surface area contributed by atoms with Crippen molar-refractivity contribution >= 4 is 23.4 Å². The molecular formula is C24H25N7O2S. The van der Waals surface area contributed by atoms with E-state index in [9.17, 15) is 9.59 Å². The molecule has 174 valence electrons. The Morgan fingerprint density at radius 1 is 1.12 bits per heavy atom. The van der Waals surface area contributed by atoms with Crippen LogP contribution in [0.15, 0.2) is 64.8 Å². The van der Waals surface area contributed by atoms with Crippen molar-refractivity contribution in [2.45, 2.75) is 43.1 Å². The number of pyridine rings is 1. The number of hydrogen-bond donors (Lipinski definition) is 1. The lowest BCUT2D eigenvalue weighted by Crippen LogP contribution is -2.27. The first kappa shape index (κ1) is 22.1. The Balaban J connectivity index is 1.38. The third kappa shape index (κ3) is 4.05. The maximum absolute atomic E-state index is 13.1. The summed E-state index contributed by atoms with van der Waals surface area (Å²) < 4.78 is 5.41.